The zero-order valence-corrected chi connectivity index (χ0v) is 10.4. The summed E-state index contributed by atoms with van der Waals surface area (Å²) >= 11 is 0. The highest BCUT2D eigenvalue weighted by Gasteiger charge is 2.15. The molecule has 1 fully saturated rings. The highest BCUT2D eigenvalue weighted by atomic mass is 15.1. The van der Waals surface area contributed by atoms with E-state index in [0.29, 0.717) is 0 Å². The summed E-state index contributed by atoms with van der Waals surface area (Å²) in [7, 11) is 2.21. The van der Waals surface area contributed by atoms with Crippen LogP contribution in [0.1, 0.15) is 18.4 Å². The van der Waals surface area contributed by atoms with Crippen molar-refractivity contribution in [1.82, 2.24) is 4.90 Å². The van der Waals surface area contributed by atoms with Crippen molar-refractivity contribution in [1.29, 1.82) is 0 Å². The number of hydrogen-bond acceptors (Lipinski definition) is 2. The molecule has 2 rings (SSSR count). The summed E-state index contributed by atoms with van der Waals surface area (Å²) in [6.07, 6.45) is 2.66. The largest absolute Gasteiger partial charge is 0.385 e. The first kappa shape index (κ1) is 11.5. The van der Waals surface area contributed by atoms with Gasteiger partial charge >= 0.3 is 0 Å². The standard InChI is InChI=1S/C14H22N2/c1-12-3-5-14(6-4-12)15-11-13-7-9-16(2)10-8-13/h3-6,13,15H,7-11H2,1-2H3. The van der Waals surface area contributed by atoms with Crippen molar-refractivity contribution in [2.75, 3.05) is 32.0 Å². The summed E-state index contributed by atoms with van der Waals surface area (Å²) in [6, 6.07) is 8.67. The zero-order chi connectivity index (χ0) is 11.4. The molecule has 1 aromatic rings. The van der Waals surface area contributed by atoms with Gasteiger partial charge < -0.3 is 10.2 Å². The second kappa shape index (κ2) is 5.35. The number of nitrogens with zero attached hydrogens (tertiary/aromatic N) is 1. The van der Waals surface area contributed by atoms with Crippen molar-refractivity contribution in [3.8, 4) is 0 Å². The fourth-order valence-electron chi connectivity index (χ4n) is 2.20. The number of anilines is 1. The molecule has 0 atom stereocenters. The van der Waals surface area contributed by atoms with Crippen LogP contribution in [0.5, 0.6) is 0 Å². The Morgan fingerprint density at radius 2 is 1.81 bits per heavy atom. The van der Waals surface area contributed by atoms with Crippen molar-refractivity contribution in [2.24, 2.45) is 5.92 Å². The second-order valence-corrected chi connectivity index (χ2v) is 4.99. The number of nitrogens with one attached hydrogen (secondary N) is 1. The second-order valence-electron chi connectivity index (χ2n) is 4.99. The molecule has 0 amide bonds. The fraction of sp³-hybridized carbons (Fsp3) is 0.571. The molecular weight excluding hydrogens is 196 g/mol. The summed E-state index contributed by atoms with van der Waals surface area (Å²) < 4.78 is 0. The topological polar surface area (TPSA) is 15.3 Å². The van der Waals surface area contributed by atoms with Crippen LogP contribution in [-0.4, -0.2) is 31.6 Å². The van der Waals surface area contributed by atoms with E-state index in [4.69, 9.17) is 0 Å². The van der Waals surface area contributed by atoms with Gasteiger partial charge in [0.05, 0.1) is 0 Å². The van der Waals surface area contributed by atoms with Crippen LogP contribution in [0.3, 0.4) is 0 Å². The maximum atomic E-state index is 3.54. The Hall–Kier alpha value is -1.02. The first-order valence-corrected chi connectivity index (χ1v) is 6.23. The molecule has 2 heteroatoms. The van der Waals surface area contributed by atoms with Gasteiger partial charge in [-0.15, -0.1) is 0 Å². The molecule has 0 bridgehead atoms. The van der Waals surface area contributed by atoms with Crippen LogP contribution in [0.4, 0.5) is 5.69 Å². The molecule has 1 aliphatic heterocycles. The van der Waals surface area contributed by atoms with E-state index in [1.807, 2.05) is 0 Å². The summed E-state index contributed by atoms with van der Waals surface area (Å²) in [5, 5.41) is 3.54. The van der Waals surface area contributed by atoms with Crippen molar-refractivity contribution in [2.45, 2.75) is 19.8 Å². The van der Waals surface area contributed by atoms with E-state index in [1.54, 1.807) is 0 Å². The first-order valence-electron chi connectivity index (χ1n) is 6.23. The minimum absolute atomic E-state index is 0.845. The lowest BCUT2D eigenvalue weighted by molar-refractivity contribution is 0.226. The van der Waals surface area contributed by atoms with Crippen molar-refractivity contribution in [3.05, 3.63) is 29.8 Å². The van der Waals surface area contributed by atoms with E-state index in [0.717, 1.165) is 12.5 Å². The summed E-state index contributed by atoms with van der Waals surface area (Å²) in [5.41, 5.74) is 2.58. The molecule has 88 valence electrons. The quantitative estimate of drug-likeness (QED) is 0.839. The zero-order valence-electron chi connectivity index (χ0n) is 10.4. The van der Waals surface area contributed by atoms with E-state index >= 15 is 0 Å². The average molecular weight is 218 g/mol. The molecule has 1 saturated heterocycles. The Bertz CT molecular complexity index is 310. The molecule has 2 nitrogen and oxygen atoms in total. The van der Waals surface area contributed by atoms with Crippen LogP contribution in [0.25, 0.3) is 0 Å². The van der Waals surface area contributed by atoms with E-state index < -0.39 is 0 Å². The molecule has 16 heavy (non-hydrogen) atoms. The predicted molar refractivity (Wildman–Crippen MR) is 69.9 cm³/mol. The molecule has 0 saturated carbocycles. The maximum absolute atomic E-state index is 3.54. The Kier molecular flexibility index (Phi) is 3.83. The van der Waals surface area contributed by atoms with Gasteiger partial charge in [-0.25, -0.2) is 0 Å². The summed E-state index contributed by atoms with van der Waals surface area (Å²) in [6.45, 7) is 5.75. The van der Waals surface area contributed by atoms with Gasteiger partial charge in [-0.05, 0) is 58.0 Å². The molecule has 1 N–H and O–H groups in total. The van der Waals surface area contributed by atoms with Crippen LogP contribution in [0, 0.1) is 12.8 Å². The van der Waals surface area contributed by atoms with Crippen LogP contribution in [-0.2, 0) is 0 Å². The number of piperidine rings is 1. The van der Waals surface area contributed by atoms with Gasteiger partial charge in [0.15, 0.2) is 0 Å². The SMILES string of the molecule is Cc1ccc(NCC2CCN(C)CC2)cc1. The predicted octanol–water partition coefficient (Wildman–Crippen LogP) is 2.75. The minimum Gasteiger partial charge on any atom is -0.385 e. The third-order valence-corrected chi connectivity index (χ3v) is 3.48. The molecule has 0 unspecified atom stereocenters. The van der Waals surface area contributed by atoms with Gasteiger partial charge in [0.25, 0.3) is 0 Å². The molecule has 0 aromatic heterocycles. The van der Waals surface area contributed by atoms with E-state index in [9.17, 15) is 0 Å². The van der Waals surface area contributed by atoms with E-state index in [1.165, 1.54) is 37.2 Å². The molecule has 1 aromatic carbocycles. The third kappa shape index (κ3) is 3.24. The van der Waals surface area contributed by atoms with Gasteiger partial charge in [0.1, 0.15) is 0 Å². The highest BCUT2D eigenvalue weighted by Crippen LogP contribution is 2.17. The number of benzene rings is 1. The third-order valence-electron chi connectivity index (χ3n) is 3.48. The van der Waals surface area contributed by atoms with Crippen molar-refractivity contribution >= 4 is 5.69 Å². The van der Waals surface area contributed by atoms with Crippen LogP contribution < -0.4 is 5.32 Å². The van der Waals surface area contributed by atoms with Crippen molar-refractivity contribution < 1.29 is 0 Å². The maximum Gasteiger partial charge on any atom is 0.0340 e. The van der Waals surface area contributed by atoms with Crippen LogP contribution in [0.15, 0.2) is 24.3 Å². The first-order chi connectivity index (χ1) is 7.74. The number of rotatable bonds is 3. The summed E-state index contributed by atoms with van der Waals surface area (Å²) in [4.78, 5) is 2.42. The van der Waals surface area contributed by atoms with Gasteiger partial charge in [0.2, 0.25) is 0 Å². The smallest absolute Gasteiger partial charge is 0.0340 e. The lowest BCUT2D eigenvalue weighted by Gasteiger charge is -2.29. The molecular formula is C14H22N2. The van der Waals surface area contributed by atoms with E-state index in [-0.39, 0.29) is 0 Å². The molecule has 0 spiro atoms. The Balaban J connectivity index is 1.77. The molecule has 1 aliphatic rings. The van der Waals surface area contributed by atoms with Gasteiger partial charge in [-0.1, -0.05) is 17.7 Å². The molecule has 1 heterocycles. The Labute approximate surface area is 98.7 Å². The number of aryl methyl sites for hydroxylation is 1. The fourth-order valence-corrected chi connectivity index (χ4v) is 2.20. The van der Waals surface area contributed by atoms with E-state index in [2.05, 4.69) is 48.5 Å². The lowest BCUT2D eigenvalue weighted by Crippen LogP contribution is -2.32. The lowest BCUT2D eigenvalue weighted by atomic mass is 9.97. The number of likely N-dealkylation sites (tertiary alicyclic amines) is 1. The van der Waals surface area contributed by atoms with Crippen LogP contribution in [0.2, 0.25) is 0 Å². The normalized spacial score (nSPS) is 18.6. The Morgan fingerprint density at radius 1 is 1.19 bits per heavy atom. The number of hydrogen-bond donors (Lipinski definition) is 1. The van der Waals surface area contributed by atoms with Gasteiger partial charge in [0, 0.05) is 12.2 Å². The van der Waals surface area contributed by atoms with Crippen molar-refractivity contribution in [3.63, 3.8) is 0 Å². The molecule has 0 radical (unpaired) electrons. The average Bonchev–Trinajstić information content (AvgIpc) is 2.30. The van der Waals surface area contributed by atoms with Crippen LogP contribution >= 0.6 is 0 Å². The summed E-state index contributed by atoms with van der Waals surface area (Å²) in [5.74, 6) is 0.845. The Morgan fingerprint density at radius 3 is 2.44 bits per heavy atom. The highest BCUT2D eigenvalue weighted by molar-refractivity contribution is 5.44. The monoisotopic (exact) mass is 218 g/mol. The molecule has 0 aliphatic carbocycles. The van der Waals surface area contributed by atoms with Gasteiger partial charge in [-0.3, -0.25) is 0 Å². The van der Waals surface area contributed by atoms with Gasteiger partial charge in [-0.2, -0.15) is 0 Å². The minimum atomic E-state index is 0.845.